The SMILES string of the molecule is COc1ccc([C@@H]2Nn3c(nnc3-c3ccccc3)S[C@@H]2C(=O)Nc2ccc(C)c(Cl)c2)cc1. The molecule has 0 spiro atoms. The summed E-state index contributed by atoms with van der Waals surface area (Å²) < 4.78 is 7.16. The zero-order valence-electron chi connectivity index (χ0n) is 18.5. The number of amides is 1. The van der Waals surface area contributed by atoms with Crippen LogP contribution in [0, 0.1) is 6.92 Å². The molecule has 2 atom stereocenters. The minimum absolute atomic E-state index is 0.159. The van der Waals surface area contributed by atoms with E-state index in [1.807, 2.05) is 78.3 Å². The van der Waals surface area contributed by atoms with Crippen LogP contribution < -0.4 is 15.5 Å². The van der Waals surface area contributed by atoms with Gasteiger partial charge in [-0.2, -0.15) is 0 Å². The van der Waals surface area contributed by atoms with Gasteiger partial charge in [0.2, 0.25) is 11.1 Å². The van der Waals surface area contributed by atoms with Gasteiger partial charge in [-0.05, 0) is 42.3 Å². The number of hydrogen-bond acceptors (Lipinski definition) is 6. The second-order valence-electron chi connectivity index (χ2n) is 7.88. The summed E-state index contributed by atoms with van der Waals surface area (Å²) in [6, 6.07) is 22.6. The van der Waals surface area contributed by atoms with E-state index < -0.39 is 5.25 Å². The largest absolute Gasteiger partial charge is 0.497 e. The average molecular weight is 492 g/mol. The van der Waals surface area contributed by atoms with Gasteiger partial charge in [0.15, 0.2) is 5.82 Å². The molecule has 7 nitrogen and oxygen atoms in total. The van der Waals surface area contributed by atoms with Crippen LogP contribution in [0.3, 0.4) is 0 Å². The first-order valence-electron chi connectivity index (χ1n) is 10.7. The molecule has 0 aliphatic carbocycles. The summed E-state index contributed by atoms with van der Waals surface area (Å²) in [5, 5.41) is 12.4. The molecule has 0 saturated carbocycles. The highest BCUT2D eigenvalue weighted by Crippen LogP contribution is 2.39. The van der Waals surface area contributed by atoms with E-state index >= 15 is 0 Å². The number of aromatic nitrogens is 3. The van der Waals surface area contributed by atoms with E-state index in [0.29, 0.717) is 21.7 Å². The Labute approximate surface area is 206 Å². The van der Waals surface area contributed by atoms with Crippen LogP contribution in [0.2, 0.25) is 5.02 Å². The van der Waals surface area contributed by atoms with Crippen molar-refractivity contribution >= 4 is 35.0 Å². The number of nitrogens with one attached hydrogen (secondary N) is 2. The number of aryl methyl sites for hydroxylation is 1. The van der Waals surface area contributed by atoms with Crippen molar-refractivity contribution in [3.05, 3.63) is 88.9 Å². The fourth-order valence-corrected chi connectivity index (χ4v) is 5.03. The van der Waals surface area contributed by atoms with Crippen molar-refractivity contribution in [2.45, 2.75) is 23.4 Å². The molecular weight excluding hydrogens is 470 g/mol. The second-order valence-corrected chi connectivity index (χ2v) is 9.40. The van der Waals surface area contributed by atoms with Gasteiger partial charge in [0, 0.05) is 16.3 Å². The molecule has 3 aromatic carbocycles. The predicted octanol–water partition coefficient (Wildman–Crippen LogP) is 5.31. The van der Waals surface area contributed by atoms with Gasteiger partial charge in [-0.15, -0.1) is 10.2 Å². The Morgan fingerprint density at radius 3 is 2.56 bits per heavy atom. The summed E-state index contributed by atoms with van der Waals surface area (Å²) in [4.78, 5) is 13.5. The number of rotatable bonds is 5. The van der Waals surface area contributed by atoms with E-state index in [0.717, 1.165) is 22.4 Å². The fourth-order valence-electron chi connectivity index (χ4n) is 3.77. The number of halogens is 1. The molecule has 5 rings (SSSR count). The molecule has 0 saturated heterocycles. The van der Waals surface area contributed by atoms with Gasteiger partial charge in [0.05, 0.1) is 13.2 Å². The van der Waals surface area contributed by atoms with Crippen LogP contribution in [0.15, 0.2) is 78.0 Å². The summed E-state index contributed by atoms with van der Waals surface area (Å²) in [7, 11) is 1.63. The van der Waals surface area contributed by atoms with Crippen molar-refractivity contribution in [3.8, 4) is 17.1 Å². The van der Waals surface area contributed by atoms with E-state index in [1.165, 1.54) is 11.8 Å². The number of anilines is 1. The lowest BCUT2D eigenvalue weighted by Crippen LogP contribution is -2.41. The third-order valence-corrected chi connectivity index (χ3v) is 7.26. The number of benzene rings is 3. The Balaban J connectivity index is 1.50. The molecule has 1 aliphatic rings. The third kappa shape index (κ3) is 4.34. The van der Waals surface area contributed by atoms with E-state index in [2.05, 4.69) is 20.9 Å². The van der Waals surface area contributed by atoms with E-state index in [1.54, 1.807) is 13.2 Å². The zero-order chi connectivity index (χ0) is 23.7. The number of hydrogen-bond donors (Lipinski definition) is 2. The van der Waals surface area contributed by atoms with E-state index in [-0.39, 0.29) is 11.9 Å². The molecule has 2 heterocycles. The highest BCUT2D eigenvalue weighted by atomic mass is 35.5. The molecular formula is C25H22ClN5O2S. The van der Waals surface area contributed by atoms with Gasteiger partial charge >= 0.3 is 0 Å². The molecule has 0 fully saturated rings. The van der Waals surface area contributed by atoms with Crippen molar-refractivity contribution in [2.75, 3.05) is 17.9 Å². The molecule has 0 unspecified atom stereocenters. The van der Waals surface area contributed by atoms with Crippen LogP contribution in [0.5, 0.6) is 5.75 Å². The minimum atomic E-state index is -0.506. The van der Waals surface area contributed by atoms with Crippen LogP contribution in [-0.2, 0) is 4.79 Å². The second kappa shape index (κ2) is 9.40. The summed E-state index contributed by atoms with van der Waals surface area (Å²) >= 11 is 7.63. The van der Waals surface area contributed by atoms with Crippen LogP contribution in [0.25, 0.3) is 11.4 Å². The molecule has 9 heteroatoms. The molecule has 172 valence electrons. The van der Waals surface area contributed by atoms with Crippen molar-refractivity contribution in [1.82, 2.24) is 14.9 Å². The van der Waals surface area contributed by atoms with Gasteiger partial charge < -0.3 is 15.5 Å². The van der Waals surface area contributed by atoms with Gasteiger partial charge in [-0.1, -0.05) is 71.9 Å². The van der Waals surface area contributed by atoms with Gasteiger partial charge in [-0.25, -0.2) is 4.68 Å². The highest BCUT2D eigenvalue weighted by Gasteiger charge is 2.38. The number of thioether (sulfide) groups is 1. The number of nitrogens with zero attached hydrogens (tertiary/aromatic N) is 3. The topological polar surface area (TPSA) is 81.1 Å². The van der Waals surface area contributed by atoms with E-state index in [9.17, 15) is 4.79 Å². The van der Waals surface area contributed by atoms with Gasteiger partial charge in [0.1, 0.15) is 11.0 Å². The molecule has 34 heavy (non-hydrogen) atoms. The fraction of sp³-hybridized carbons (Fsp3) is 0.160. The molecule has 1 aliphatic heterocycles. The molecule has 4 aromatic rings. The van der Waals surface area contributed by atoms with Crippen molar-refractivity contribution in [3.63, 3.8) is 0 Å². The first kappa shape index (κ1) is 22.3. The lowest BCUT2D eigenvalue weighted by Gasteiger charge is -2.33. The van der Waals surface area contributed by atoms with Crippen LogP contribution >= 0.6 is 23.4 Å². The van der Waals surface area contributed by atoms with Crippen LogP contribution in [0.4, 0.5) is 5.69 Å². The predicted molar refractivity (Wildman–Crippen MR) is 135 cm³/mol. The zero-order valence-corrected chi connectivity index (χ0v) is 20.1. The Hall–Kier alpha value is -3.49. The van der Waals surface area contributed by atoms with Crippen molar-refractivity contribution in [2.24, 2.45) is 0 Å². The summed E-state index contributed by atoms with van der Waals surface area (Å²) in [5.74, 6) is 1.28. The number of ether oxygens (including phenoxy) is 1. The van der Waals surface area contributed by atoms with E-state index in [4.69, 9.17) is 16.3 Å². The number of methoxy groups -OCH3 is 1. The Kier molecular flexibility index (Phi) is 6.17. The quantitative estimate of drug-likeness (QED) is 0.393. The monoisotopic (exact) mass is 491 g/mol. The third-order valence-electron chi connectivity index (χ3n) is 5.64. The average Bonchev–Trinajstić information content (AvgIpc) is 3.29. The molecule has 2 N–H and O–H groups in total. The standard InChI is InChI=1S/C25H22ClN5O2S/c1-15-8-11-18(14-20(15)26)27-24(32)22-21(16-9-12-19(33-2)13-10-16)30-31-23(28-29-25(31)34-22)17-6-4-3-5-7-17/h3-14,21-22,30H,1-2H3,(H,27,32)/t21-,22-/m0/s1. The maximum absolute atomic E-state index is 13.5. The lowest BCUT2D eigenvalue weighted by atomic mass is 10.0. The van der Waals surface area contributed by atoms with Gasteiger partial charge in [-0.3, -0.25) is 4.79 Å². The van der Waals surface area contributed by atoms with Gasteiger partial charge in [0.25, 0.3) is 0 Å². The van der Waals surface area contributed by atoms with Crippen molar-refractivity contribution < 1.29 is 9.53 Å². The first-order chi connectivity index (χ1) is 16.5. The molecule has 1 aromatic heterocycles. The molecule has 1 amide bonds. The Bertz CT molecular complexity index is 1330. The summed E-state index contributed by atoms with van der Waals surface area (Å²) in [5.41, 5.74) is 6.94. The Morgan fingerprint density at radius 2 is 1.85 bits per heavy atom. The highest BCUT2D eigenvalue weighted by molar-refractivity contribution is 8.00. The van der Waals surface area contributed by atoms with Crippen molar-refractivity contribution in [1.29, 1.82) is 0 Å². The van der Waals surface area contributed by atoms with Crippen LogP contribution in [0.1, 0.15) is 17.2 Å². The minimum Gasteiger partial charge on any atom is -0.497 e. The number of fused-ring (bicyclic) bond motifs is 1. The summed E-state index contributed by atoms with van der Waals surface area (Å²) in [6.45, 7) is 1.92. The number of carbonyl (C=O) groups excluding carboxylic acids is 1. The molecule has 0 radical (unpaired) electrons. The lowest BCUT2D eigenvalue weighted by molar-refractivity contribution is -0.116. The van der Waals surface area contributed by atoms with Crippen LogP contribution in [-0.4, -0.2) is 33.1 Å². The molecule has 0 bridgehead atoms. The first-order valence-corrected chi connectivity index (χ1v) is 11.9. The Morgan fingerprint density at radius 1 is 1.09 bits per heavy atom. The number of carbonyl (C=O) groups is 1. The normalized spacial score (nSPS) is 16.9. The maximum Gasteiger partial charge on any atom is 0.240 e. The maximum atomic E-state index is 13.5. The smallest absolute Gasteiger partial charge is 0.240 e. The summed E-state index contributed by atoms with van der Waals surface area (Å²) in [6.07, 6.45) is 0.